The van der Waals surface area contributed by atoms with E-state index in [4.69, 9.17) is 9.16 Å². The maximum atomic E-state index is 13.5. The molecule has 0 unspecified atom stereocenters. The van der Waals surface area contributed by atoms with Gasteiger partial charge in [0, 0.05) is 53.2 Å². The largest absolute Gasteiger partial charge is 0.456 e. The molecule has 0 saturated carbocycles. The van der Waals surface area contributed by atoms with E-state index in [1.165, 1.54) is 52.3 Å². The Bertz CT molecular complexity index is 1600. The number of benzene rings is 1. The van der Waals surface area contributed by atoms with Gasteiger partial charge in [-0.1, -0.05) is 27.7 Å². The highest BCUT2D eigenvalue weighted by Crippen LogP contribution is 2.52. The average Bonchev–Trinajstić information content (AvgIpc) is 3.56. The number of fused-ring (bicyclic) bond motifs is 1. The molecule has 48 heavy (non-hydrogen) atoms. The van der Waals surface area contributed by atoms with Gasteiger partial charge in [0.1, 0.15) is 18.0 Å². The van der Waals surface area contributed by atoms with Crippen LogP contribution in [0.1, 0.15) is 50.7 Å². The molecule has 3 aliphatic rings. The third kappa shape index (κ3) is 7.17. The van der Waals surface area contributed by atoms with Crippen LogP contribution in [0.15, 0.2) is 40.2 Å². The summed E-state index contributed by atoms with van der Waals surface area (Å²) in [5.74, 6) is -1.99. The summed E-state index contributed by atoms with van der Waals surface area (Å²) < 4.78 is 11.7. The van der Waals surface area contributed by atoms with Crippen molar-refractivity contribution in [2.45, 2.75) is 76.8 Å². The summed E-state index contributed by atoms with van der Waals surface area (Å²) >= 11 is 2.93. The molecule has 0 aliphatic carbocycles. The fourth-order valence-electron chi connectivity index (χ4n) is 5.74. The van der Waals surface area contributed by atoms with Crippen molar-refractivity contribution in [1.82, 2.24) is 15.2 Å². The number of nitro benzene ring substituents is 1. The number of nitrogens with zero attached hydrogens (tertiary/aromatic N) is 4. The highest BCUT2D eigenvalue weighted by atomic mass is 32.2. The van der Waals surface area contributed by atoms with Gasteiger partial charge in [-0.25, -0.2) is 9.78 Å². The fraction of sp³-hybridized carbons (Fsp3) is 0.562. The second-order valence-electron chi connectivity index (χ2n) is 14.0. The third-order valence-electron chi connectivity index (χ3n) is 9.61. The van der Waals surface area contributed by atoms with Gasteiger partial charge >= 0.3 is 5.97 Å². The van der Waals surface area contributed by atoms with E-state index < -0.39 is 31.2 Å². The second-order valence-corrected chi connectivity index (χ2v) is 21.0. The predicted molar refractivity (Wildman–Crippen MR) is 186 cm³/mol. The van der Waals surface area contributed by atoms with Gasteiger partial charge in [0.05, 0.1) is 29.6 Å². The number of non-ortho nitro benzene ring substituents is 1. The van der Waals surface area contributed by atoms with Crippen molar-refractivity contribution in [1.29, 1.82) is 0 Å². The zero-order valence-electron chi connectivity index (χ0n) is 28.2. The molecule has 13 nitrogen and oxygen atoms in total. The molecular formula is C32H43N5O8S2Si. The van der Waals surface area contributed by atoms with Crippen molar-refractivity contribution >= 4 is 60.0 Å². The second kappa shape index (κ2) is 13.9. The monoisotopic (exact) mass is 717 g/mol. The summed E-state index contributed by atoms with van der Waals surface area (Å²) in [6.07, 6.45) is -0.858. The lowest BCUT2D eigenvalue weighted by atomic mass is 9.79. The highest BCUT2D eigenvalue weighted by molar-refractivity contribution is 8.03. The van der Waals surface area contributed by atoms with Gasteiger partial charge in [0.25, 0.3) is 11.6 Å². The summed E-state index contributed by atoms with van der Waals surface area (Å²) in [6.45, 7) is 16.4. The minimum atomic E-state index is -1.89. The first kappa shape index (κ1) is 36.0. The molecule has 2 N–H and O–H groups in total. The lowest BCUT2D eigenvalue weighted by Crippen LogP contribution is -2.63. The van der Waals surface area contributed by atoms with Crippen LogP contribution in [0.2, 0.25) is 18.1 Å². The number of rotatable bonds is 13. The van der Waals surface area contributed by atoms with E-state index in [2.05, 4.69) is 49.1 Å². The summed E-state index contributed by atoms with van der Waals surface area (Å²) in [4.78, 5) is 58.6. The summed E-state index contributed by atoms with van der Waals surface area (Å²) in [5.41, 5.74) is 1.07. The van der Waals surface area contributed by atoms with Crippen molar-refractivity contribution < 1.29 is 33.6 Å². The number of amides is 2. The van der Waals surface area contributed by atoms with E-state index in [1.54, 1.807) is 12.3 Å². The Hall–Kier alpha value is -3.31. The van der Waals surface area contributed by atoms with Gasteiger partial charge < -0.3 is 29.4 Å². The third-order valence-corrected chi connectivity index (χ3v) is 16.5. The number of carbonyl (C=O) groups excluding carboxylic acids is 3. The van der Waals surface area contributed by atoms with Crippen LogP contribution in [-0.2, 0) is 25.4 Å². The van der Waals surface area contributed by atoms with E-state index in [0.717, 1.165) is 10.0 Å². The summed E-state index contributed by atoms with van der Waals surface area (Å²) in [7, 11) is -1.89. The standard InChI is InChI=1S/C32H43N5O8S2Si/c1-18-25-24(19(2)38)29(40)36(25)26(30(41)44-16-20-8-10-21(11-9-20)37(42)43)27(18)47-22-14-35(15-22)31-34-23(17-46-31)28(39)33-12-13-45-48(6,7)32(3,4)5/h8-11,17-19,22,24-25,38H,12-16H2,1-7H3,(H,33,39)/t18-,19-,24-,25-/m1/s1. The number of nitrogens with one attached hydrogen (secondary N) is 1. The number of ether oxygens (including phenoxy) is 1. The smallest absolute Gasteiger partial charge is 0.356 e. The number of thiazole rings is 1. The molecule has 0 spiro atoms. The molecule has 4 heterocycles. The predicted octanol–water partition coefficient (Wildman–Crippen LogP) is 4.54. The number of β-lactam (4-membered cyclic amide) rings is 1. The number of aromatic nitrogens is 1. The van der Waals surface area contributed by atoms with Crippen molar-refractivity contribution in [3.63, 3.8) is 0 Å². The van der Waals surface area contributed by atoms with Crippen LogP contribution in [0.25, 0.3) is 0 Å². The number of nitro groups is 1. The molecule has 1 aromatic heterocycles. The van der Waals surface area contributed by atoms with Crippen molar-refractivity contribution in [2.24, 2.45) is 11.8 Å². The normalized spacial score (nSPS) is 21.8. The highest BCUT2D eigenvalue weighted by Gasteiger charge is 2.60. The number of hydrogen-bond donors (Lipinski definition) is 2. The molecule has 2 amide bonds. The zero-order chi connectivity index (χ0) is 35.1. The molecule has 0 bridgehead atoms. The van der Waals surface area contributed by atoms with Crippen LogP contribution in [0, 0.1) is 22.0 Å². The van der Waals surface area contributed by atoms with Gasteiger partial charge in [0.2, 0.25) is 5.91 Å². The van der Waals surface area contributed by atoms with E-state index in [0.29, 0.717) is 37.5 Å². The van der Waals surface area contributed by atoms with Gasteiger partial charge in [-0.2, -0.15) is 0 Å². The molecule has 2 saturated heterocycles. The van der Waals surface area contributed by atoms with E-state index in [-0.39, 0.29) is 52.1 Å². The number of aliphatic hydroxyl groups excluding tert-OH is 1. The van der Waals surface area contributed by atoms with Crippen molar-refractivity contribution in [3.8, 4) is 0 Å². The van der Waals surface area contributed by atoms with Crippen LogP contribution in [0.3, 0.4) is 0 Å². The van der Waals surface area contributed by atoms with Crippen LogP contribution >= 0.6 is 23.1 Å². The van der Waals surface area contributed by atoms with E-state index in [1.807, 2.05) is 6.92 Å². The van der Waals surface area contributed by atoms with Crippen LogP contribution < -0.4 is 10.2 Å². The molecule has 4 atom stereocenters. The first-order valence-electron chi connectivity index (χ1n) is 15.9. The fourth-order valence-corrected chi connectivity index (χ4v) is 9.13. The van der Waals surface area contributed by atoms with Crippen molar-refractivity contribution in [2.75, 3.05) is 31.1 Å². The molecule has 5 rings (SSSR count). The van der Waals surface area contributed by atoms with Gasteiger partial charge in [-0.05, 0) is 42.8 Å². The number of aliphatic hydroxyl groups is 1. The lowest BCUT2D eigenvalue weighted by Gasteiger charge is -2.46. The quantitative estimate of drug-likeness (QED) is 0.0747. The SMILES string of the molecule is C[C@@H](O)[C@H]1C(=O)N2C(C(=O)OCc3ccc([N+](=O)[O-])cc3)=C(SC3CN(c4nc(C(=O)NCCO[Si](C)(C)C(C)(C)C)cs4)C3)[C@H](C)[C@H]12. The first-order valence-corrected chi connectivity index (χ1v) is 20.6. The van der Waals surface area contributed by atoms with Gasteiger partial charge in [-0.15, -0.1) is 23.1 Å². The Labute approximate surface area is 289 Å². The number of esters is 1. The summed E-state index contributed by atoms with van der Waals surface area (Å²) in [5, 5.41) is 26.9. The Balaban J connectivity index is 1.19. The molecule has 0 radical (unpaired) electrons. The molecule has 2 aromatic rings. The molecule has 1 aromatic carbocycles. The van der Waals surface area contributed by atoms with Gasteiger partial charge in [-0.3, -0.25) is 19.7 Å². The van der Waals surface area contributed by atoms with E-state index in [9.17, 15) is 29.6 Å². The maximum Gasteiger partial charge on any atom is 0.356 e. The minimum Gasteiger partial charge on any atom is -0.456 e. The lowest BCUT2D eigenvalue weighted by molar-refractivity contribution is -0.384. The first-order chi connectivity index (χ1) is 22.5. The topological polar surface area (TPSA) is 164 Å². The molecular weight excluding hydrogens is 675 g/mol. The zero-order valence-corrected chi connectivity index (χ0v) is 30.9. The Morgan fingerprint density at radius 1 is 1.25 bits per heavy atom. The molecule has 3 aliphatic heterocycles. The number of carbonyl (C=O) groups is 3. The number of thioether (sulfide) groups is 1. The minimum absolute atomic E-state index is 0.0661. The Morgan fingerprint density at radius 3 is 2.52 bits per heavy atom. The Kier molecular flexibility index (Phi) is 10.4. The van der Waals surface area contributed by atoms with Crippen LogP contribution in [0.4, 0.5) is 10.8 Å². The molecule has 260 valence electrons. The van der Waals surface area contributed by atoms with E-state index >= 15 is 0 Å². The molecule has 16 heteroatoms. The maximum absolute atomic E-state index is 13.5. The number of anilines is 1. The van der Waals surface area contributed by atoms with Crippen LogP contribution in [-0.4, -0.2) is 89.7 Å². The summed E-state index contributed by atoms with van der Waals surface area (Å²) in [6, 6.07) is 5.39. The van der Waals surface area contributed by atoms with Crippen LogP contribution in [0.5, 0.6) is 0 Å². The average molecular weight is 718 g/mol. The van der Waals surface area contributed by atoms with Gasteiger partial charge in [0.15, 0.2) is 13.4 Å². The number of hydrogen-bond acceptors (Lipinski definition) is 12. The molecule has 2 fully saturated rings. The van der Waals surface area contributed by atoms with Crippen molar-refractivity contribution in [3.05, 3.63) is 61.6 Å². The Morgan fingerprint density at radius 2 is 1.92 bits per heavy atom.